The fourth-order valence-corrected chi connectivity index (χ4v) is 3.35. The average molecular weight is 330 g/mol. The second kappa shape index (κ2) is 6.96. The van der Waals surface area contributed by atoms with Crippen molar-refractivity contribution in [1.82, 2.24) is 4.90 Å². The van der Waals surface area contributed by atoms with E-state index in [9.17, 15) is 9.59 Å². The van der Waals surface area contributed by atoms with Crippen LogP contribution in [0.4, 0.5) is 5.69 Å². The number of nitrogens with zero attached hydrogens (tertiary/aromatic N) is 1. The lowest BCUT2D eigenvalue weighted by molar-refractivity contribution is -0.147. The highest BCUT2D eigenvalue weighted by molar-refractivity contribution is 6.10. The Morgan fingerprint density at radius 2 is 1.58 bits per heavy atom. The molecule has 0 radical (unpaired) electrons. The summed E-state index contributed by atoms with van der Waals surface area (Å²) in [4.78, 5) is 27.5. The number of rotatable bonds is 3. The van der Waals surface area contributed by atoms with Crippen molar-refractivity contribution >= 4 is 17.5 Å². The van der Waals surface area contributed by atoms with E-state index in [0.717, 1.165) is 42.7 Å². The van der Waals surface area contributed by atoms with Crippen LogP contribution in [0, 0.1) is 32.1 Å². The standard InChI is InChI=1S/C20H30N2O2/c1-13-7-9-22(10-8-13)19(24)20(5,6)18(23)21-17-15(3)11-14(2)12-16(17)4/h11-13H,7-10H2,1-6H3,(H,21,23). The first-order chi connectivity index (χ1) is 11.1. The molecule has 4 nitrogen and oxygen atoms in total. The van der Waals surface area contributed by atoms with Gasteiger partial charge in [0.15, 0.2) is 0 Å². The average Bonchev–Trinajstić information content (AvgIpc) is 2.50. The minimum absolute atomic E-state index is 0.0747. The van der Waals surface area contributed by atoms with Gasteiger partial charge in [-0.1, -0.05) is 24.6 Å². The highest BCUT2D eigenvalue weighted by Crippen LogP contribution is 2.28. The Bertz CT molecular complexity index is 618. The van der Waals surface area contributed by atoms with Crippen LogP contribution in [0.5, 0.6) is 0 Å². The Kier molecular flexibility index (Phi) is 5.36. The van der Waals surface area contributed by atoms with Crippen molar-refractivity contribution in [3.8, 4) is 0 Å². The summed E-state index contributed by atoms with van der Waals surface area (Å²) in [6.07, 6.45) is 2.03. The van der Waals surface area contributed by atoms with Gasteiger partial charge in [0.1, 0.15) is 5.41 Å². The molecule has 24 heavy (non-hydrogen) atoms. The first kappa shape index (κ1) is 18.5. The van der Waals surface area contributed by atoms with Crippen LogP contribution in [0.2, 0.25) is 0 Å². The zero-order valence-electron chi connectivity index (χ0n) is 15.8. The molecular formula is C20H30N2O2. The Hall–Kier alpha value is -1.84. The molecule has 1 aromatic rings. The molecule has 1 aliphatic heterocycles. The Morgan fingerprint density at radius 3 is 2.08 bits per heavy atom. The van der Waals surface area contributed by atoms with E-state index in [1.54, 1.807) is 13.8 Å². The van der Waals surface area contributed by atoms with Crippen LogP contribution in [0.3, 0.4) is 0 Å². The number of amides is 2. The van der Waals surface area contributed by atoms with E-state index in [0.29, 0.717) is 5.92 Å². The van der Waals surface area contributed by atoms with Gasteiger partial charge in [0.05, 0.1) is 0 Å². The molecule has 1 N–H and O–H groups in total. The third-order valence-corrected chi connectivity index (χ3v) is 5.09. The third-order valence-electron chi connectivity index (χ3n) is 5.09. The number of carbonyl (C=O) groups is 2. The predicted octanol–water partition coefficient (Wildman–Crippen LogP) is 3.84. The molecule has 2 amide bonds. The Labute approximate surface area is 145 Å². The van der Waals surface area contributed by atoms with Crippen LogP contribution in [0.25, 0.3) is 0 Å². The molecule has 2 rings (SSSR count). The zero-order valence-corrected chi connectivity index (χ0v) is 15.8. The van der Waals surface area contributed by atoms with E-state index in [1.807, 2.05) is 37.8 Å². The zero-order chi connectivity index (χ0) is 18.1. The number of nitrogens with one attached hydrogen (secondary N) is 1. The summed E-state index contributed by atoms with van der Waals surface area (Å²) in [7, 11) is 0. The highest BCUT2D eigenvalue weighted by Gasteiger charge is 2.40. The number of benzene rings is 1. The summed E-state index contributed by atoms with van der Waals surface area (Å²) in [5.41, 5.74) is 2.97. The quantitative estimate of drug-likeness (QED) is 0.856. The van der Waals surface area contributed by atoms with E-state index in [-0.39, 0.29) is 11.8 Å². The molecular weight excluding hydrogens is 300 g/mol. The molecule has 0 bridgehead atoms. The van der Waals surface area contributed by atoms with Gasteiger partial charge in [-0.25, -0.2) is 0 Å². The van der Waals surface area contributed by atoms with Crippen molar-refractivity contribution in [3.63, 3.8) is 0 Å². The van der Waals surface area contributed by atoms with Crippen molar-refractivity contribution in [1.29, 1.82) is 0 Å². The molecule has 1 heterocycles. The van der Waals surface area contributed by atoms with Crippen LogP contribution in [-0.2, 0) is 9.59 Å². The number of aryl methyl sites for hydroxylation is 3. The van der Waals surface area contributed by atoms with Crippen LogP contribution in [0.1, 0.15) is 50.3 Å². The maximum atomic E-state index is 12.8. The van der Waals surface area contributed by atoms with E-state index in [1.165, 1.54) is 5.56 Å². The van der Waals surface area contributed by atoms with Crippen LogP contribution in [-0.4, -0.2) is 29.8 Å². The summed E-state index contributed by atoms with van der Waals surface area (Å²) >= 11 is 0. The lowest BCUT2D eigenvalue weighted by Gasteiger charge is -2.35. The number of likely N-dealkylation sites (tertiary alicyclic amines) is 1. The highest BCUT2D eigenvalue weighted by atomic mass is 16.2. The van der Waals surface area contributed by atoms with Gasteiger partial charge in [0.25, 0.3) is 0 Å². The molecule has 0 aliphatic carbocycles. The number of hydrogen-bond donors (Lipinski definition) is 1. The maximum Gasteiger partial charge on any atom is 0.239 e. The van der Waals surface area contributed by atoms with E-state index in [2.05, 4.69) is 12.2 Å². The Balaban J connectivity index is 2.14. The van der Waals surface area contributed by atoms with Crippen molar-refractivity contribution < 1.29 is 9.59 Å². The van der Waals surface area contributed by atoms with Crippen molar-refractivity contribution in [2.45, 2.75) is 54.4 Å². The maximum absolute atomic E-state index is 12.8. The van der Waals surface area contributed by atoms with E-state index < -0.39 is 5.41 Å². The fraction of sp³-hybridized carbons (Fsp3) is 0.600. The third kappa shape index (κ3) is 3.80. The molecule has 132 valence electrons. The second-order valence-electron chi connectivity index (χ2n) is 7.83. The molecule has 4 heteroatoms. The number of carbonyl (C=O) groups excluding carboxylic acids is 2. The van der Waals surface area contributed by atoms with Gasteiger partial charge in [-0.3, -0.25) is 9.59 Å². The van der Waals surface area contributed by atoms with Crippen molar-refractivity contribution in [3.05, 3.63) is 28.8 Å². The summed E-state index contributed by atoms with van der Waals surface area (Å²) in [5.74, 6) is 0.347. The van der Waals surface area contributed by atoms with E-state index >= 15 is 0 Å². The number of hydrogen-bond acceptors (Lipinski definition) is 2. The molecule has 0 atom stereocenters. The summed E-state index contributed by atoms with van der Waals surface area (Å²) in [6, 6.07) is 4.09. The fourth-order valence-electron chi connectivity index (χ4n) is 3.35. The van der Waals surface area contributed by atoms with Crippen LogP contribution in [0.15, 0.2) is 12.1 Å². The molecule has 1 saturated heterocycles. The molecule has 1 aliphatic rings. The molecule has 0 saturated carbocycles. The summed E-state index contributed by atoms with van der Waals surface area (Å²) < 4.78 is 0. The predicted molar refractivity (Wildman–Crippen MR) is 98.0 cm³/mol. The molecule has 0 aromatic heterocycles. The smallest absolute Gasteiger partial charge is 0.239 e. The first-order valence-electron chi connectivity index (χ1n) is 8.81. The van der Waals surface area contributed by atoms with Gasteiger partial charge in [0.2, 0.25) is 11.8 Å². The second-order valence-corrected chi connectivity index (χ2v) is 7.83. The van der Waals surface area contributed by atoms with Crippen molar-refractivity contribution in [2.75, 3.05) is 18.4 Å². The monoisotopic (exact) mass is 330 g/mol. The minimum Gasteiger partial charge on any atom is -0.342 e. The van der Waals surface area contributed by atoms with Gasteiger partial charge in [-0.05, 0) is 64.5 Å². The van der Waals surface area contributed by atoms with Gasteiger partial charge in [-0.15, -0.1) is 0 Å². The molecule has 0 unspecified atom stereocenters. The van der Waals surface area contributed by atoms with E-state index in [4.69, 9.17) is 0 Å². The Morgan fingerprint density at radius 1 is 1.08 bits per heavy atom. The van der Waals surface area contributed by atoms with Crippen LogP contribution < -0.4 is 5.32 Å². The van der Waals surface area contributed by atoms with Gasteiger partial charge in [-0.2, -0.15) is 0 Å². The van der Waals surface area contributed by atoms with Gasteiger partial charge in [0, 0.05) is 18.8 Å². The normalized spacial score (nSPS) is 16.2. The number of piperidine rings is 1. The van der Waals surface area contributed by atoms with Crippen molar-refractivity contribution in [2.24, 2.45) is 11.3 Å². The lowest BCUT2D eigenvalue weighted by Crippen LogP contribution is -2.49. The minimum atomic E-state index is -1.07. The first-order valence-corrected chi connectivity index (χ1v) is 8.81. The van der Waals surface area contributed by atoms with Gasteiger partial charge < -0.3 is 10.2 Å². The molecule has 1 aromatic carbocycles. The SMILES string of the molecule is Cc1cc(C)c(NC(=O)C(C)(C)C(=O)N2CCC(C)CC2)c(C)c1. The number of anilines is 1. The molecule has 1 fully saturated rings. The van der Waals surface area contributed by atoms with Gasteiger partial charge >= 0.3 is 0 Å². The summed E-state index contributed by atoms with van der Waals surface area (Å²) in [6.45, 7) is 13.2. The lowest BCUT2D eigenvalue weighted by atomic mass is 9.88. The largest absolute Gasteiger partial charge is 0.342 e. The topological polar surface area (TPSA) is 49.4 Å². The molecule has 0 spiro atoms. The van der Waals surface area contributed by atoms with Crippen LogP contribution >= 0.6 is 0 Å². The summed E-state index contributed by atoms with van der Waals surface area (Å²) in [5, 5.41) is 2.99.